The van der Waals surface area contributed by atoms with Gasteiger partial charge in [-0.05, 0) is 39.4 Å². The van der Waals surface area contributed by atoms with Crippen molar-refractivity contribution in [1.29, 1.82) is 0 Å². The lowest BCUT2D eigenvalue weighted by Crippen LogP contribution is -1.95. The summed E-state index contributed by atoms with van der Waals surface area (Å²) >= 11 is 0. The Morgan fingerprint density at radius 2 is 1.50 bits per heavy atom. The van der Waals surface area contributed by atoms with Gasteiger partial charge in [-0.25, -0.2) is 0 Å². The number of rotatable bonds is 2. The van der Waals surface area contributed by atoms with Crippen molar-refractivity contribution < 1.29 is 0 Å². The van der Waals surface area contributed by atoms with Gasteiger partial charge in [-0.15, -0.1) is 0 Å². The predicted octanol–water partition coefficient (Wildman–Crippen LogP) is 5.19. The van der Waals surface area contributed by atoms with Gasteiger partial charge in [0.15, 0.2) is 0 Å². The first kappa shape index (κ1) is 11.3. The smallest absolute Gasteiger partial charge is 0.00732 e. The molecule has 0 atom stereocenters. The van der Waals surface area contributed by atoms with Crippen molar-refractivity contribution >= 4 is 21.5 Å². The first-order valence-corrected chi connectivity index (χ1v) is 6.65. The zero-order chi connectivity index (χ0) is 12.5. The zero-order valence-corrected chi connectivity index (χ0v) is 11.0. The van der Waals surface area contributed by atoms with E-state index >= 15 is 0 Å². The van der Waals surface area contributed by atoms with E-state index in [1.165, 1.54) is 27.1 Å². The molecule has 0 bridgehead atoms. The van der Waals surface area contributed by atoms with E-state index in [-0.39, 0.29) is 0 Å². The van der Waals surface area contributed by atoms with E-state index < -0.39 is 0 Å². The second-order valence-electron chi connectivity index (χ2n) is 5.40. The van der Waals surface area contributed by atoms with Crippen LogP contribution in [0.25, 0.3) is 21.5 Å². The monoisotopic (exact) mass is 234 g/mol. The summed E-state index contributed by atoms with van der Waals surface area (Å²) < 4.78 is 0. The first-order chi connectivity index (χ1) is 8.75. The lowest BCUT2D eigenvalue weighted by Gasteiger charge is -2.11. The molecule has 0 N–H and O–H groups in total. The van der Waals surface area contributed by atoms with Gasteiger partial charge in [-0.1, -0.05) is 68.4 Å². The second-order valence-corrected chi connectivity index (χ2v) is 5.40. The Balaban J connectivity index is 2.39. The Kier molecular flexibility index (Phi) is 2.79. The number of hydrogen-bond acceptors (Lipinski definition) is 0. The van der Waals surface area contributed by atoms with Crippen molar-refractivity contribution in [3.63, 3.8) is 0 Å². The summed E-state index contributed by atoms with van der Waals surface area (Å²) in [5, 5.41) is 5.50. The molecule has 0 radical (unpaired) electrons. The summed E-state index contributed by atoms with van der Waals surface area (Å²) in [7, 11) is 0. The molecule has 0 heterocycles. The highest BCUT2D eigenvalue weighted by Crippen LogP contribution is 2.29. The minimum absolute atomic E-state index is 0.689. The van der Waals surface area contributed by atoms with E-state index in [2.05, 4.69) is 68.4 Å². The van der Waals surface area contributed by atoms with Crippen LogP contribution in [-0.2, 0) is 6.42 Å². The standard InChI is InChI=1S/C18H18/c1-13(2)12-16-8-5-7-15-11-10-14-6-3-4-9-17(14)18(15)16/h3-11,13H,12H2,1-2H3. The fraction of sp³-hybridized carbons (Fsp3) is 0.222. The van der Waals surface area contributed by atoms with Crippen LogP contribution in [0.4, 0.5) is 0 Å². The third-order valence-corrected chi connectivity index (χ3v) is 3.48. The molecule has 0 unspecified atom stereocenters. The van der Waals surface area contributed by atoms with Crippen molar-refractivity contribution in [2.45, 2.75) is 20.3 Å². The molecule has 0 aromatic heterocycles. The molecular formula is C18H18. The van der Waals surface area contributed by atoms with Crippen LogP contribution in [0.15, 0.2) is 54.6 Å². The number of hydrogen-bond donors (Lipinski definition) is 0. The average molecular weight is 234 g/mol. The van der Waals surface area contributed by atoms with Crippen molar-refractivity contribution in [2.24, 2.45) is 5.92 Å². The van der Waals surface area contributed by atoms with Gasteiger partial charge in [0, 0.05) is 0 Å². The highest BCUT2D eigenvalue weighted by Gasteiger charge is 2.06. The molecule has 3 rings (SSSR count). The van der Waals surface area contributed by atoms with Gasteiger partial charge in [-0.3, -0.25) is 0 Å². The molecule has 90 valence electrons. The van der Waals surface area contributed by atoms with E-state index in [4.69, 9.17) is 0 Å². The maximum Gasteiger partial charge on any atom is -0.00732 e. The van der Waals surface area contributed by atoms with Crippen LogP contribution < -0.4 is 0 Å². The Labute approximate surface area is 108 Å². The fourth-order valence-electron chi connectivity index (χ4n) is 2.75. The van der Waals surface area contributed by atoms with Crippen LogP contribution >= 0.6 is 0 Å². The molecule has 3 aromatic rings. The summed E-state index contributed by atoms with van der Waals surface area (Å²) in [4.78, 5) is 0. The topological polar surface area (TPSA) is 0 Å². The molecule has 0 spiro atoms. The predicted molar refractivity (Wildman–Crippen MR) is 80.0 cm³/mol. The Morgan fingerprint density at radius 1 is 0.778 bits per heavy atom. The zero-order valence-electron chi connectivity index (χ0n) is 11.0. The minimum atomic E-state index is 0.689. The molecule has 0 aliphatic rings. The third kappa shape index (κ3) is 1.88. The van der Waals surface area contributed by atoms with E-state index in [1.807, 2.05) is 0 Å². The van der Waals surface area contributed by atoms with Gasteiger partial charge in [0.05, 0.1) is 0 Å². The third-order valence-electron chi connectivity index (χ3n) is 3.48. The molecule has 0 saturated heterocycles. The minimum Gasteiger partial charge on any atom is -0.0625 e. The summed E-state index contributed by atoms with van der Waals surface area (Å²) in [6.07, 6.45) is 1.14. The largest absolute Gasteiger partial charge is 0.0625 e. The maximum atomic E-state index is 2.28. The van der Waals surface area contributed by atoms with E-state index in [0.717, 1.165) is 6.42 Å². The molecule has 0 saturated carbocycles. The lowest BCUT2D eigenvalue weighted by molar-refractivity contribution is 0.650. The molecule has 0 fully saturated rings. The van der Waals surface area contributed by atoms with Gasteiger partial charge in [-0.2, -0.15) is 0 Å². The van der Waals surface area contributed by atoms with Crippen LogP contribution in [0.1, 0.15) is 19.4 Å². The SMILES string of the molecule is CC(C)Cc1cccc2ccc3ccccc3c12. The highest BCUT2D eigenvalue weighted by molar-refractivity contribution is 6.09. The van der Waals surface area contributed by atoms with E-state index in [9.17, 15) is 0 Å². The van der Waals surface area contributed by atoms with Crippen LogP contribution in [0.2, 0.25) is 0 Å². The maximum absolute atomic E-state index is 2.28. The van der Waals surface area contributed by atoms with Crippen LogP contribution in [0, 0.1) is 5.92 Å². The van der Waals surface area contributed by atoms with Gasteiger partial charge < -0.3 is 0 Å². The lowest BCUT2D eigenvalue weighted by atomic mass is 9.93. The van der Waals surface area contributed by atoms with Crippen LogP contribution in [0.3, 0.4) is 0 Å². The summed E-state index contributed by atoms with van der Waals surface area (Å²) in [5.74, 6) is 0.689. The molecule has 0 aliphatic carbocycles. The van der Waals surface area contributed by atoms with Gasteiger partial charge >= 0.3 is 0 Å². The number of benzene rings is 3. The average Bonchev–Trinajstić information content (AvgIpc) is 2.38. The molecular weight excluding hydrogens is 216 g/mol. The van der Waals surface area contributed by atoms with Gasteiger partial charge in [0.1, 0.15) is 0 Å². The summed E-state index contributed by atoms with van der Waals surface area (Å²) in [6, 6.07) is 19.8. The molecule has 18 heavy (non-hydrogen) atoms. The number of fused-ring (bicyclic) bond motifs is 3. The Morgan fingerprint density at radius 3 is 2.33 bits per heavy atom. The normalized spacial score (nSPS) is 11.5. The van der Waals surface area contributed by atoms with Crippen molar-refractivity contribution in [1.82, 2.24) is 0 Å². The van der Waals surface area contributed by atoms with E-state index in [1.54, 1.807) is 0 Å². The first-order valence-electron chi connectivity index (χ1n) is 6.65. The molecule has 0 nitrogen and oxygen atoms in total. The Bertz CT molecular complexity index is 693. The van der Waals surface area contributed by atoms with Crippen molar-refractivity contribution in [2.75, 3.05) is 0 Å². The Hall–Kier alpha value is -1.82. The fourth-order valence-corrected chi connectivity index (χ4v) is 2.75. The second kappa shape index (κ2) is 4.45. The molecule has 0 amide bonds. The highest BCUT2D eigenvalue weighted by atomic mass is 14.1. The van der Waals surface area contributed by atoms with Crippen LogP contribution in [0.5, 0.6) is 0 Å². The quantitative estimate of drug-likeness (QED) is 0.535. The molecule has 0 heteroatoms. The van der Waals surface area contributed by atoms with E-state index in [0.29, 0.717) is 5.92 Å². The van der Waals surface area contributed by atoms with Gasteiger partial charge in [0.2, 0.25) is 0 Å². The van der Waals surface area contributed by atoms with Crippen LogP contribution in [-0.4, -0.2) is 0 Å². The van der Waals surface area contributed by atoms with Crippen molar-refractivity contribution in [3.05, 3.63) is 60.2 Å². The van der Waals surface area contributed by atoms with Gasteiger partial charge in [0.25, 0.3) is 0 Å². The summed E-state index contributed by atoms with van der Waals surface area (Å²) in [6.45, 7) is 4.56. The molecule has 0 aliphatic heterocycles. The van der Waals surface area contributed by atoms with Crippen molar-refractivity contribution in [3.8, 4) is 0 Å². The molecule has 3 aromatic carbocycles. The summed E-state index contributed by atoms with van der Waals surface area (Å²) in [5.41, 5.74) is 1.47.